The Morgan fingerprint density at radius 2 is 2.10 bits per heavy atom. The minimum Gasteiger partial charge on any atom is -0.384 e. The molecule has 2 heterocycles. The molecule has 1 spiro atoms. The average Bonchev–Trinajstić information content (AvgIpc) is 3.10. The van der Waals surface area contributed by atoms with Crippen LogP contribution in [0.2, 0.25) is 0 Å². The zero-order chi connectivity index (χ0) is 14.1. The van der Waals surface area contributed by atoms with Crippen LogP contribution in [0.15, 0.2) is 16.8 Å². The Bertz CT molecular complexity index is 416. The van der Waals surface area contributed by atoms with Crippen LogP contribution in [0.4, 0.5) is 0 Å². The summed E-state index contributed by atoms with van der Waals surface area (Å²) in [6.07, 6.45) is 3.98. The van der Waals surface area contributed by atoms with Crippen molar-refractivity contribution >= 4 is 11.3 Å². The third kappa shape index (κ3) is 3.07. The average molecular weight is 297 g/mol. The van der Waals surface area contributed by atoms with Crippen molar-refractivity contribution < 1.29 is 14.6 Å². The highest BCUT2D eigenvalue weighted by atomic mass is 32.1. The van der Waals surface area contributed by atoms with Gasteiger partial charge in [-0.2, -0.15) is 11.3 Å². The van der Waals surface area contributed by atoms with Gasteiger partial charge in [-0.05, 0) is 42.2 Å². The van der Waals surface area contributed by atoms with E-state index >= 15 is 0 Å². The molecule has 1 aromatic rings. The van der Waals surface area contributed by atoms with Crippen molar-refractivity contribution in [1.29, 1.82) is 0 Å². The SMILES string of the molecule is C[C@](O)(CNC1CCC2(CC1)OCCO2)c1ccsc1. The molecule has 2 fully saturated rings. The number of hydrogen-bond acceptors (Lipinski definition) is 5. The molecule has 1 aliphatic heterocycles. The van der Waals surface area contributed by atoms with E-state index in [1.54, 1.807) is 11.3 Å². The van der Waals surface area contributed by atoms with Gasteiger partial charge in [0, 0.05) is 25.4 Å². The van der Waals surface area contributed by atoms with E-state index in [1.165, 1.54) is 0 Å². The molecule has 0 amide bonds. The number of ether oxygens (including phenoxy) is 2. The first kappa shape index (κ1) is 14.5. The van der Waals surface area contributed by atoms with Crippen LogP contribution >= 0.6 is 11.3 Å². The lowest BCUT2D eigenvalue weighted by Gasteiger charge is -2.36. The van der Waals surface area contributed by atoms with Gasteiger partial charge in [0.15, 0.2) is 5.79 Å². The Morgan fingerprint density at radius 3 is 2.70 bits per heavy atom. The Kier molecular flexibility index (Phi) is 4.15. The molecule has 0 aromatic carbocycles. The molecule has 0 unspecified atom stereocenters. The third-order valence-corrected chi connectivity index (χ3v) is 5.12. The maximum Gasteiger partial charge on any atom is 0.168 e. The van der Waals surface area contributed by atoms with Crippen molar-refractivity contribution in [1.82, 2.24) is 5.32 Å². The molecular formula is C15H23NO3S. The fourth-order valence-electron chi connectivity index (χ4n) is 3.06. The largest absolute Gasteiger partial charge is 0.384 e. The fourth-order valence-corrected chi connectivity index (χ4v) is 3.85. The summed E-state index contributed by atoms with van der Waals surface area (Å²) in [6.45, 7) is 3.91. The number of thiophene rings is 1. The zero-order valence-electron chi connectivity index (χ0n) is 11.9. The molecule has 2 N–H and O–H groups in total. The number of aliphatic hydroxyl groups is 1. The van der Waals surface area contributed by atoms with Gasteiger partial charge < -0.3 is 19.9 Å². The molecular weight excluding hydrogens is 274 g/mol. The van der Waals surface area contributed by atoms with Crippen LogP contribution in [0.25, 0.3) is 0 Å². The number of rotatable bonds is 4. The van der Waals surface area contributed by atoms with Gasteiger partial charge in [-0.15, -0.1) is 0 Å². The van der Waals surface area contributed by atoms with Crippen molar-refractivity contribution in [2.45, 2.75) is 50.0 Å². The van der Waals surface area contributed by atoms with Crippen molar-refractivity contribution in [3.05, 3.63) is 22.4 Å². The Hall–Kier alpha value is -0.460. The van der Waals surface area contributed by atoms with Crippen molar-refractivity contribution in [3.8, 4) is 0 Å². The fraction of sp³-hybridized carbons (Fsp3) is 0.733. The first-order valence-electron chi connectivity index (χ1n) is 7.36. The van der Waals surface area contributed by atoms with Crippen LogP contribution in [-0.4, -0.2) is 36.7 Å². The van der Waals surface area contributed by atoms with E-state index in [0.717, 1.165) is 44.5 Å². The van der Waals surface area contributed by atoms with Crippen LogP contribution in [0.5, 0.6) is 0 Å². The van der Waals surface area contributed by atoms with E-state index in [-0.39, 0.29) is 5.79 Å². The lowest BCUT2D eigenvalue weighted by molar-refractivity contribution is -0.179. The van der Waals surface area contributed by atoms with Crippen molar-refractivity contribution in [3.63, 3.8) is 0 Å². The predicted molar refractivity (Wildman–Crippen MR) is 78.8 cm³/mol. The molecule has 2 aliphatic rings. The molecule has 3 rings (SSSR count). The minimum atomic E-state index is -0.796. The Labute approximate surface area is 124 Å². The first-order valence-corrected chi connectivity index (χ1v) is 8.30. The van der Waals surface area contributed by atoms with Gasteiger partial charge in [-0.25, -0.2) is 0 Å². The smallest absolute Gasteiger partial charge is 0.168 e. The van der Waals surface area contributed by atoms with Gasteiger partial charge in [0.05, 0.1) is 18.8 Å². The second-order valence-corrected chi connectivity index (χ2v) is 6.83. The highest BCUT2D eigenvalue weighted by Crippen LogP contribution is 2.36. The summed E-state index contributed by atoms with van der Waals surface area (Å²) in [5.74, 6) is -0.298. The highest BCUT2D eigenvalue weighted by molar-refractivity contribution is 7.08. The van der Waals surface area contributed by atoms with Gasteiger partial charge in [0.2, 0.25) is 0 Å². The topological polar surface area (TPSA) is 50.7 Å². The second kappa shape index (κ2) is 5.73. The van der Waals surface area contributed by atoms with E-state index < -0.39 is 5.60 Å². The molecule has 5 heteroatoms. The van der Waals surface area contributed by atoms with E-state index in [0.29, 0.717) is 12.6 Å². The summed E-state index contributed by atoms with van der Waals surface area (Å²) in [4.78, 5) is 0. The van der Waals surface area contributed by atoms with Gasteiger partial charge in [-0.1, -0.05) is 0 Å². The molecule has 112 valence electrons. The first-order chi connectivity index (χ1) is 9.60. The van der Waals surface area contributed by atoms with Crippen LogP contribution < -0.4 is 5.32 Å². The molecule has 0 bridgehead atoms. The maximum atomic E-state index is 10.5. The van der Waals surface area contributed by atoms with Crippen LogP contribution in [-0.2, 0) is 15.1 Å². The number of hydrogen-bond donors (Lipinski definition) is 2. The van der Waals surface area contributed by atoms with Gasteiger partial charge in [-0.3, -0.25) is 0 Å². The zero-order valence-corrected chi connectivity index (χ0v) is 12.7. The van der Waals surface area contributed by atoms with Gasteiger partial charge in [0.1, 0.15) is 0 Å². The number of nitrogens with one attached hydrogen (secondary N) is 1. The Balaban J connectivity index is 1.48. The summed E-state index contributed by atoms with van der Waals surface area (Å²) in [5.41, 5.74) is 0.194. The minimum absolute atomic E-state index is 0.298. The molecule has 1 saturated heterocycles. The summed E-state index contributed by atoms with van der Waals surface area (Å²) < 4.78 is 11.5. The van der Waals surface area contributed by atoms with E-state index in [2.05, 4.69) is 5.32 Å². The Morgan fingerprint density at radius 1 is 1.40 bits per heavy atom. The lowest BCUT2D eigenvalue weighted by atomic mass is 9.89. The molecule has 1 atom stereocenters. The van der Waals surface area contributed by atoms with Crippen molar-refractivity contribution in [2.75, 3.05) is 19.8 Å². The predicted octanol–water partition coefficient (Wildman–Crippen LogP) is 2.23. The van der Waals surface area contributed by atoms with Gasteiger partial charge >= 0.3 is 0 Å². The normalized spacial score (nSPS) is 25.9. The quantitative estimate of drug-likeness (QED) is 0.895. The molecule has 1 aliphatic carbocycles. The van der Waals surface area contributed by atoms with Gasteiger partial charge in [0.25, 0.3) is 0 Å². The maximum absolute atomic E-state index is 10.5. The van der Waals surface area contributed by atoms with E-state index in [1.807, 2.05) is 23.8 Å². The lowest BCUT2D eigenvalue weighted by Crippen LogP contribution is -2.46. The molecule has 1 aromatic heterocycles. The summed E-state index contributed by atoms with van der Waals surface area (Å²) in [7, 11) is 0. The molecule has 20 heavy (non-hydrogen) atoms. The molecule has 0 radical (unpaired) electrons. The van der Waals surface area contributed by atoms with E-state index in [4.69, 9.17) is 9.47 Å². The monoisotopic (exact) mass is 297 g/mol. The summed E-state index contributed by atoms with van der Waals surface area (Å²) in [5, 5.41) is 18.0. The molecule has 4 nitrogen and oxygen atoms in total. The van der Waals surface area contributed by atoms with E-state index in [9.17, 15) is 5.11 Å². The standard InChI is InChI=1S/C15H23NO3S/c1-14(17,12-4-9-20-10-12)11-16-13-2-5-15(6-3-13)18-7-8-19-15/h4,9-10,13,16-17H,2-3,5-8,11H2,1H3/t14-/m0/s1. The van der Waals surface area contributed by atoms with Crippen LogP contribution in [0, 0.1) is 0 Å². The van der Waals surface area contributed by atoms with Crippen LogP contribution in [0.3, 0.4) is 0 Å². The summed E-state index contributed by atoms with van der Waals surface area (Å²) >= 11 is 1.62. The highest BCUT2D eigenvalue weighted by Gasteiger charge is 2.40. The molecule has 1 saturated carbocycles. The van der Waals surface area contributed by atoms with Crippen molar-refractivity contribution in [2.24, 2.45) is 0 Å². The summed E-state index contributed by atoms with van der Waals surface area (Å²) in [6, 6.07) is 2.43. The second-order valence-electron chi connectivity index (χ2n) is 6.05. The van der Waals surface area contributed by atoms with Crippen LogP contribution in [0.1, 0.15) is 38.2 Å². The third-order valence-electron chi connectivity index (χ3n) is 4.44.